The number of rotatable bonds is 5. The Morgan fingerprint density at radius 1 is 1.22 bits per heavy atom. The number of carbonyl (C=O) groups excluding carboxylic acids is 2. The van der Waals surface area contributed by atoms with Gasteiger partial charge in [0, 0.05) is 24.0 Å². The fourth-order valence-electron chi connectivity index (χ4n) is 4.28. The van der Waals surface area contributed by atoms with E-state index in [0.29, 0.717) is 32.4 Å². The molecule has 2 atom stereocenters. The summed E-state index contributed by atoms with van der Waals surface area (Å²) in [6.07, 6.45) is 2.25. The molecule has 2 saturated heterocycles. The summed E-state index contributed by atoms with van der Waals surface area (Å²) in [5.74, 6) is -0.198. The highest BCUT2D eigenvalue weighted by atomic mass is 32.2. The molecule has 0 aromatic carbocycles. The molecule has 9 nitrogen and oxygen atoms in total. The van der Waals surface area contributed by atoms with Crippen molar-refractivity contribution < 1.29 is 22.7 Å². The molecule has 174 valence electrons. The molecule has 2 aliphatic rings. The molecule has 0 saturated carbocycles. The minimum atomic E-state index is -3.09. The van der Waals surface area contributed by atoms with E-state index >= 15 is 0 Å². The predicted octanol–water partition coefficient (Wildman–Crippen LogP) is 1.76. The number of aryl methyl sites for hydroxylation is 2. The lowest BCUT2D eigenvalue weighted by Crippen LogP contribution is -2.44. The maximum absolute atomic E-state index is 12.6. The van der Waals surface area contributed by atoms with Gasteiger partial charge in [0.1, 0.15) is 17.0 Å². The van der Waals surface area contributed by atoms with Crippen LogP contribution in [0.5, 0.6) is 0 Å². The molecule has 2 aromatic heterocycles. The van der Waals surface area contributed by atoms with E-state index in [1.807, 2.05) is 0 Å². The van der Waals surface area contributed by atoms with E-state index < -0.39 is 27.9 Å². The number of sulfone groups is 1. The first kappa shape index (κ1) is 22.9. The van der Waals surface area contributed by atoms with Gasteiger partial charge in [-0.05, 0) is 45.6 Å². The quantitative estimate of drug-likeness (QED) is 0.643. The maximum Gasteiger partial charge on any atom is 0.309 e. The van der Waals surface area contributed by atoms with Crippen LogP contribution in [-0.4, -0.2) is 67.0 Å². The molecule has 0 aliphatic carbocycles. The zero-order valence-electron chi connectivity index (χ0n) is 18.5. The maximum atomic E-state index is 12.6. The van der Waals surface area contributed by atoms with Crippen molar-refractivity contribution in [1.82, 2.24) is 15.3 Å². The summed E-state index contributed by atoms with van der Waals surface area (Å²) in [5.41, 5.74) is 1.19. The Hall–Kier alpha value is -2.27. The summed E-state index contributed by atoms with van der Waals surface area (Å²) >= 11 is 1.66. The first-order chi connectivity index (χ1) is 15.1. The third-order valence-electron chi connectivity index (χ3n) is 6.31. The minimum absolute atomic E-state index is 0.0582. The molecule has 4 heterocycles. The Morgan fingerprint density at radius 2 is 1.94 bits per heavy atom. The molecule has 11 heteroatoms. The first-order valence-corrected chi connectivity index (χ1v) is 13.5. The summed E-state index contributed by atoms with van der Waals surface area (Å²) in [4.78, 5) is 38.2. The van der Waals surface area contributed by atoms with E-state index in [1.54, 1.807) is 17.7 Å². The number of ether oxygens (including phenoxy) is 1. The molecule has 2 fully saturated rings. The fraction of sp³-hybridized carbons (Fsp3) is 0.619. The summed E-state index contributed by atoms with van der Waals surface area (Å²) < 4.78 is 28.5. The van der Waals surface area contributed by atoms with Crippen LogP contribution < -0.4 is 10.2 Å². The standard InChI is InChI=1S/C21H28N4O5S2/c1-12-14(3)31-20-17(12)18(22-11-23-20)25-7-4-15(5-8-25)21(27)30-13(2)19(26)24-16-6-9-32(28,29)10-16/h11,13,15-16H,4-10H2,1-3H3,(H,24,26). The molecule has 32 heavy (non-hydrogen) atoms. The Balaban J connectivity index is 1.31. The third kappa shape index (κ3) is 4.73. The molecule has 2 unspecified atom stereocenters. The van der Waals surface area contributed by atoms with Crippen molar-refractivity contribution >= 4 is 49.1 Å². The number of esters is 1. The summed E-state index contributed by atoms with van der Waals surface area (Å²) in [6, 6.07) is -0.411. The van der Waals surface area contributed by atoms with Gasteiger partial charge in [0.25, 0.3) is 5.91 Å². The zero-order valence-corrected chi connectivity index (χ0v) is 20.1. The first-order valence-electron chi connectivity index (χ1n) is 10.8. The SMILES string of the molecule is Cc1sc2ncnc(N3CCC(C(=O)OC(C)C(=O)NC4CCS(=O)(=O)C4)CC3)c2c1C. The molecule has 1 amide bonds. The zero-order chi connectivity index (χ0) is 23.0. The van der Waals surface area contributed by atoms with Gasteiger partial charge in [0.2, 0.25) is 0 Å². The molecule has 2 aromatic rings. The average Bonchev–Trinajstić information content (AvgIpc) is 3.25. The van der Waals surface area contributed by atoms with Gasteiger partial charge in [-0.15, -0.1) is 11.3 Å². The molecule has 4 rings (SSSR count). The minimum Gasteiger partial charge on any atom is -0.452 e. The van der Waals surface area contributed by atoms with E-state index in [9.17, 15) is 18.0 Å². The van der Waals surface area contributed by atoms with Crippen molar-refractivity contribution in [3.05, 3.63) is 16.8 Å². The topological polar surface area (TPSA) is 119 Å². The number of hydrogen-bond donors (Lipinski definition) is 1. The van der Waals surface area contributed by atoms with Gasteiger partial charge in [0.15, 0.2) is 15.9 Å². The number of nitrogens with one attached hydrogen (secondary N) is 1. The molecule has 1 N–H and O–H groups in total. The summed E-state index contributed by atoms with van der Waals surface area (Å²) in [6.45, 7) is 7.02. The van der Waals surface area contributed by atoms with Gasteiger partial charge < -0.3 is 15.0 Å². The van der Waals surface area contributed by atoms with E-state index in [0.717, 1.165) is 16.0 Å². The molecule has 0 spiro atoms. The van der Waals surface area contributed by atoms with E-state index in [-0.39, 0.29) is 23.4 Å². The largest absolute Gasteiger partial charge is 0.452 e. The number of nitrogens with zero attached hydrogens (tertiary/aromatic N) is 3. The Kier molecular flexibility index (Phi) is 6.39. The van der Waals surface area contributed by atoms with Crippen molar-refractivity contribution in [1.29, 1.82) is 0 Å². The normalized spacial score (nSPS) is 22.1. The highest BCUT2D eigenvalue weighted by molar-refractivity contribution is 7.91. The van der Waals surface area contributed by atoms with Crippen molar-refractivity contribution in [2.45, 2.75) is 52.2 Å². The van der Waals surface area contributed by atoms with Crippen molar-refractivity contribution in [3.8, 4) is 0 Å². The van der Waals surface area contributed by atoms with Crippen LogP contribution in [-0.2, 0) is 24.2 Å². The second-order valence-corrected chi connectivity index (χ2v) is 12.0. The van der Waals surface area contributed by atoms with Crippen LogP contribution in [0.3, 0.4) is 0 Å². The smallest absolute Gasteiger partial charge is 0.309 e. The number of fused-ring (bicyclic) bond motifs is 1. The predicted molar refractivity (Wildman–Crippen MR) is 123 cm³/mol. The van der Waals surface area contributed by atoms with Gasteiger partial charge in [-0.25, -0.2) is 18.4 Å². The Labute approximate surface area is 191 Å². The van der Waals surface area contributed by atoms with E-state index in [4.69, 9.17) is 4.74 Å². The van der Waals surface area contributed by atoms with Gasteiger partial charge in [-0.1, -0.05) is 0 Å². The molecule has 2 aliphatic heterocycles. The lowest BCUT2D eigenvalue weighted by atomic mass is 9.96. The Bertz CT molecular complexity index is 1140. The second-order valence-electron chi connectivity index (χ2n) is 8.61. The van der Waals surface area contributed by atoms with Crippen molar-refractivity contribution in [3.63, 3.8) is 0 Å². The molecular weight excluding hydrogens is 452 g/mol. The van der Waals surface area contributed by atoms with Crippen LogP contribution in [0.1, 0.15) is 36.6 Å². The number of anilines is 1. The van der Waals surface area contributed by atoms with Crippen LogP contribution in [0.25, 0.3) is 10.2 Å². The molecule has 0 bridgehead atoms. The number of piperidine rings is 1. The van der Waals surface area contributed by atoms with Crippen LogP contribution in [0.4, 0.5) is 5.82 Å². The number of thiophene rings is 1. The fourth-order valence-corrected chi connectivity index (χ4v) is 6.95. The van der Waals surface area contributed by atoms with Gasteiger partial charge in [-0.2, -0.15) is 0 Å². The average molecular weight is 481 g/mol. The second kappa shape index (κ2) is 8.93. The number of hydrogen-bond acceptors (Lipinski definition) is 9. The number of carbonyl (C=O) groups is 2. The van der Waals surface area contributed by atoms with Crippen molar-refractivity contribution in [2.24, 2.45) is 5.92 Å². The summed E-state index contributed by atoms with van der Waals surface area (Å²) in [7, 11) is -3.09. The number of aromatic nitrogens is 2. The van der Waals surface area contributed by atoms with Crippen LogP contribution in [0, 0.1) is 19.8 Å². The van der Waals surface area contributed by atoms with Crippen LogP contribution in [0.2, 0.25) is 0 Å². The molecule has 0 radical (unpaired) electrons. The van der Waals surface area contributed by atoms with Gasteiger partial charge in [0.05, 0.1) is 22.8 Å². The lowest BCUT2D eigenvalue weighted by molar-refractivity contribution is -0.159. The van der Waals surface area contributed by atoms with Crippen molar-refractivity contribution in [2.75, 3.05) is 29.5 Å². The highest BCUT2D eigenvalue weighted by Crippen LogP contribution is 2.35. The van der Waals surface area contributed by atoms with Crippen LogP contribution >= 0.6 is 11.3 Å². The summed E-state index contributed by atoms with van der Waals surface area (Å²) in [5, 5.41) is 3.76. The Morgan fingerprint density at radius 3 is 2.59 bits per heavy atom. The van der Waals surface area contributed by atoms with E-state index in [2.05, 4.69) is 34.0 Å². The third-order valence-corrected chi connectivity index (χ3v) is 9.20. The monoisotopic (exact) mass is 480 g/mol. The lowest BCUT2D eigenvalue weighted by Gasteiger charge is -2.32. The van der Waals surface area contributed by atoms with Crippen LogP contribution in [0.15, 0.2) is 6.33 Å². The van der Waals surface area contributed by atoms with Gasteiger partial charge >= 0.3 is 5.97 Å². The highest BCUT2D eigenvalue weighted by Gasteiger charge is 2.33. The number of amides is 1. The van der Waals surface area contributed by atoms with Gasteiger partial charge in [-0.3, -0.25) is 9.59 Å². The van der Waals surface area contributed by atoms with E-state index in [1.165, 1.54) is 17.4 Å². The molecular formula is C21H28N4O5S2.